The molecule has 0 radical (unpaired) electrons. The average molecular weight is 690 g/mol. The minimum Gasteiger partial charge on any atom is -0.455 e. The van der Waals surface area contributed by atoms with Crippen LogP contribution in [0.5, 0.6) is 0 Å². The van der Waals surface area contributed by atoms with Crippen LogP contribution in [0.2, 0.25) is 10.0 Å². The Labute approximate surface area is 287 Å². The molecule has 12 heteroatoms. The predicted molar refractivity (Wildman–Crippen MR) is 187 cm³/mol. The monoisotopic (exact) mass is 688 g/mol. The Morgan fingerprint density at radius 2 is 1.46 bits per heavy atom. The van der Waals surface area contributed by atoms with Gasteiger partial charge in [0.15, 0.2) is 0 Å². The molecule has 248 valence electrons. The van der Waals surface area contributed by atoms with E-state index in [9.17, 15) is 19.2 Å². The highest BCUT2D eigenvalue weighted by molar-refractivity contribution is 6.38. The van der Waals surface area contributed by atoms with Gasteiger partial charge in [-0.3, -0.25) is 4.79 Å². The van der Waals surface area contributed by atoms with Crippen LogP contribution in [0.25, 0.3) is 27.9 Å². The lowest BCUT2D eigenvalue weighted by molar-refractivity contribution is -0.113. The summed E-state index contributed by atoms with van der Waals surface area (Å²) in [5.74, 6) is -1.38. The number of benzene rings is 3. The fourth-order valence-corrected chi connectivity index (χ4v) is 5.57. The van der Waals surface area contributed by atoms with Crippen LogP contribution in [0, 0.1) is 0 Å². The number of nitrogens with zero attached hydrogens (tertiary/aromatic N) is 2. The largest absolute Gasteiger partial charge is 0.455 e. The van der Waals surface area contributed by atoms with Gasteiger partial charge in [0.25, 0.3) is 5.91 Å². The lowest BCUT2D eigenvalue weighted by Crippen LogP contribution is -2.31. The van der Waals surface area contributed by atoms with Gasteiger partial charge in [-0.15, -0.1) is 0 Å². The van der Waals surface area contributed by atoms with Gasteiger partial charge in [0.1, 0.15) is 22.6 Å². The lowest BCUT2D eigenvalue weighted by Gasteiger charge is -2.23. The molecule has 48 heavy (non-hydrogen) atoms. The van der Waals surface area contributed by atoms with Gasteiger partial charge in [-0.25, -0.2) is 23.9 Å². The maximum absolute atomic E-state index is 13.5. The van der Waals surface area contributed by atoms with Crippen molar-refractivity contribution in [3.63, 3.8) is 0 Å². The number of carbonyl (C=O) groups excluding carboxylic acids is 4. The molecule has 0 spiro atoms. The molecular weight excluding hydrogens is 655 g/mol. The molecule has 0 atom stereocenters. The van der Waals surface area contributed by atoms with Gasteiger partial charge in [0.05, 0.1) is 16.2 Å². The summed E-state index contributed by atoms with van der Waals surface area (Å²) < 4.78 is 12.4. The first-order chi connectivity index (χ1) is 22.5. The zero-order valence-electron chi connectivity index (χ0n) is 27.2. The van der Waals surface area contributed by atoms with Crippen molar-refractivity contribution in [1.82, 2.24) is 14.9 Å². The second-order valence-corrected chi connectivity index (χ2v) is 13.7. The molecule has 6 rings (SSSR count). The highest BCUT2D eigenvalue weighted by Gasteiger charge is 2.37. The second kappa shape index (κ2) is 13.2. The van der Waals surface area contributed by atoms with Crippen molar-refractivity contribution in [2.24, 2.45) is 0 Å². The average Bonchev–Trinajstić information content (AvgIpc) is 3.66. The van der Waals surface area contributed by atoms with Crippen LogP contribution in [-0.2, 0) is 14.3 Å². The molecule has 3 heterocycles. The van der Waals surface area contributed by atoms with E-state index in [-0.39, 0.29) is 17.0 Å². The first kappa shape index (κ1) is 34.3. The molecule has 0 unspecified atom stereocenters. The van der Waals surface area contributed by atoms with Crippen LogP contribution in [0.15, 0.2) is 84.7 Å². The van der Waals surface area contributed by atoms with Gasteiger partial charge in [-0.2, -0.15) is 0 Å². The van der Waals surface area contributed by atoms with Gasteiger partial charge in [0.2, 0.25) is 0 Å². The van der Waals surface area contributed by atoms with E-state index in [0.717, 1.165) is 20.4 Å². The van der Waals surface area contributed by atoms with Gasteiger partial charge < -0.3 is 19.8 Å². The normalized spacial score (nSPS) is 14.2. The fraction of sp³-hybridized carbons (Fsp3) is 0.222. The quantitative estimate of drug-likeness (QED) is 0.111. The third kappa shape index (κ3) is 7.40. The van der Waals surface area contributed by atoms with Crippen molar-refractivity contribution in [2.75, 3.05) is 4.90 Å². The van der Waals surface area contributed by atoms with Crippen molar-refractivity contribution < 1.29 is 28.7 Å². The number of carbonyl (C=O) groups is 4. The summed E-state index contributed by atoms with van der Waals surface area (Å²) in [7, 11) is 0. The van der Waals surface area contributed by atoms with Crippen molar-refractivity contribution in [2.45, 2.75) is 52.7 Å². The Morgan fingerprint density at radius 1 is 0.812 bits per heavy atom. The molecule has 2 N–H and O–H groups in total. The third-order valence-corrected chi connectivity index (χ3v) is 7.38. The van der Waals surface area contributed by atoms with Gasteiger partial charge >= 0.3 is 18.1 Å². The third-order valence-electron chi connectivity index (χ3n) is 6.85. The van der Waals surface area contributed by atoms with E-state index < -0.39 is 35.2 Å². The topological polar surface area (TPSA) is 123 Å². The molecular formula is C36H34Cl2N4O6. The number of amides is 3. The summed E-state index contributed by atoms with van der Waals surface area (Å²) in [5, 5.41) is 5.44. The highest BCUT2D eigenvalue weighted by Crippen LogP contribution is 2.32. The van der Waals surface area contributed by atoms with E-state index in [2.05, 4.69) is 10.3 Å². The van der Waals surface area contributed by atoms with Crippen molar-refractivity contribution >= 4 is 80.8 Å². The Balaban J connectivity index is 0.000000343. The molecule has 3 amide bonds. The number of esters is 1. The number of urea groups is 1. The molecule has 10 nitrogen and oxygen atoms in total. The van der Waals surface area contributed by atoms with Gasteiger partial charge in [-0.05, 0) is 84.0 Å². The Kier molecular flexibility index (Phi) is 9.44. The molecule has 0 aliphatic carbocycles. The number of anilines is 1. The number of fused-ring (bicyclic) bond motifs is 2. The van der Waals surface area contributed by atoms with Crippen LogP contribution in [-0.4, -0.2) is 44.8 Å². The zero-order valence-corrected chi connectivity index (χ0v) is 28.7. The number of rotatable bonds is 3. The summed E-state index contributed by atoms with van der Waals surface area (Å²) in [6.45, 7) is 10.3. The summed E-state index contributed by atoms with van der Waals surface area (Å²) >= 11 is 11.7. The first-order valence-electron chi connectivity index (χ1n) is 15.0. The minimum absolute atomic E-state index is 0.0502. The van der Waals surface area contributed by atoms with Gasteiger partial charge in [-0.1, -0.05) is 59.6 Å². The van der Waals surface area contributed by atoms with E-state index >= 15 is 0 Å². The second-order valence-electron chi connectivity index (χ2n) is 12.9. The maximum Gasteiger partial charge on any atom is 0.419 e. The summed E-state index contributed by atoms with van der Waals surface area (Å²) in [6.07, 6.45) is 2.46. The van der Waals surface area contributed by atoms with Crippen LogP contribution in [0.3, 0.4) is 0 Å². The smallest absolute Gasteiger partial charge is 0.419 e. The highest BCUT2D eigenvalue weighted by atomic mass is 35.5. The van der Waals surface area contributed by atoms with E-state index in [4.69, 9.17) is 32.7 Å². The number of hydrogen-bond acceptors (Lipinski definition) is 6. The van der Waals surface area contributed by atoms with E-state index in [1.54, 1.807) is 102 Å². The molecule has 1 aliphatic rings. The van der Waals surface area contributed by atoms with Crippen LogP contribution >= 0.6 is 23.2 Å². The van der Waals surface area contributed by atoms with E-state index in [1.807, 2.05) is 18.3 Å². The summed E-state index contributed by atoms with van der Waals surface area (Å²) in [4.78, 5) is 56.8. The fourth-order valence-electron chi connectivity index (χ4n) is 5.02. The number of hydrogen-bond donors (Lipinski definition) is 2. The number of aromatic nitrogens is 2. The number of nitrogens with one attached hydrogen (secondary N) is 2. The summed E-state index contributed by atoms with van der Waals surface area (Å²) in [5.41, 5.74) is 0.148. The lowest BCUT2D eigenvalue weighted by atomic mass is 10.1. The minimum atomic E-state index is -0.863. The maximum atomic E-state index is 13.5. The van der Waals surface area contributed by atoms with Crippen LogP contribution in [0.1, 0.15) is 57.6 Å². The molecule has 1 saturated heterocycles. The molecule has 3 aromatic carbocycles. The van der Waals surface area contributed by atoms with E-state index in [0.29, 0.717) is 26.6 Å². The SMILES string of the molecule is CC(C)(C)OC(=O)c1c(C=C2NC(=O)N(c3ccccc3)C2=O)c2ccccc2n1C(=O)OC(C)(C)C.Clc1cc(Cl)c2cc[nH]c2c1. The van der Waals surface area contributed by atoms with Crippen molar-refractivity contribution in [1.29, 1.82) is 0 Å². The number of ether oxygens (including phenoxy) is 2. The molecule has 1 fully saturated rings. The molecule has 0 saturated carbocycles. The molecule has 0 bridgehead atoms. The first-order valence-corrected chi connectivity index (χ1v) is 15.7. The van der Waals surface area contributed by atoms with E-state index in [1.165, 1.54) is 6.08 Å². The Bertz CT molecular complexity index is 2080. The van der Waals surface area contributed by atoms with Crippen molar-refractivity contribution in [3.8, 4) is 0 Å². The number of H-pyrrole nitrogens is 1. The number of aromatic amines is 1. The standard InChI is InChI=1S/C28H29N3O6.C8H5Cl2N/c1-27(2,3)36-24(33)22-19(16-20-23(32)30(25(34)29-20)17-12-8-7-9-13-17)18-14-10-11-15-21(18)31(22)26(35)37-28(4,5)6;9-5-3-7(10)6-1-2-11-8(6)4-5/h7-16H,1-6H3,(H,29,34);1-4,11H. The number of halogens is 2. The van der Waals surface area contributed by atoms with Crippen molar-refractivity contribution in [3.05, 3.63) is 106 Å². The van der Waals surface area contributed by atoms with Crippen LogP contribution in [0.4, 0.5) is 15.3 Å². The Hall–Kier alpha value is -5.06. The summed E-state index contributed by atoms with van der Waals surface area (Å²) in [6, 6.07) is 20.2. The number of imide groups is 1. The Morgan fingerprint density at radius 3 is 2.12 bits per heavy atom. The zero-order chi connectivity index (χ0) is 35.0. The predicted octanol–water partition coefficient (Wildman–Crippen LogP) is 8.95. The molecule has 2 aromatic heterocycles. The van der Waals surface area contributed by atoms with Crippen LogP contribution < -0.4 is 10.2 Å². The molecule has 5 aromatic rings. The number of para-hydroxylation sites is 2. The molecule has 1 aliphatic heterocycles. The van der Waals surface area contributed by atoms with Gasteiger partial charge in [0, 0.05) is 33.1 Å².